The second-order valence-corrected chi connectivity index (χ2v) is 5.97. The largest absolute Gasteiger partial charge is 0.493 e. The van der Waals surface area contributed by atoms with Gasteiger partial charge in [-0.1, -0.05) is 0 Å². The van der Waals surface area contributed by atoms with Crippen LogP contribution in [0.15, 0.2) is 18.2 Å². The number of ketones is 1. The molecule has 1 aliphatic heterocycles. The van der Waals surface area contributed by atoms with Crippen molar-refractivity contribution in [2.45, 2.75) is 44.5 Å². The van der Waals surface area contributed by atoms with Gasteiger partial charge in [-0.15, -0.1) is 0 Å². The van der Waals surface area contributed by atoms with Crippen LogP contribution in [0.1, 0.15) is 24.2 Å². The summed E-state index contributed by atoms with van der Waals surface area (Å²) >= 11 is 0. The number of aliphatic hydroxyl groups is 3. The molecule has 9 nitrogen and oxygen atoms in total. The number of aliphatic hydroxyl groups excluding tert-OH is 3. The first-order valence-corrected chi connectivity index (χ1v) is 8.03. The van der Waals surface area contributed by atoms with Crippen molar-refractivity contribution in [1.29, 1.82) is 0 Å². The van der Waals surface area contributed by atoms with Crippen LogP contribution >= 0.6 is 0 Å². The molecule has 5 atom stereocenters. The molecule has 9 heteroatoms. The lowest BCUT2D eigenvalue weighted by atomic mass is 9.97. The van der Waals surface area contributed by atoms with Crippen LogP contribution in [0, 0.1) is 0 Å². The molecule has 0 radical (unpaired) electrons. The highest BCUT2D eigenvalue weighted by atomic mass is 16.7. The number of carbonyl (C=O) groups is 2. The van der Waals surface area contributed by atoms with E-state index in [2.05, 4.69) is 5.32 Å². The summed E-state index contributed by atoms with van der Waals surface area (Å²) in [6.07, 6.45) is -5.12. The molecule has 0 unspecified atom stereocenters. The fourth-order valence-corrected chi connectivity index (χ4v) is 2.68. The molecular weight excluding hydrogens is 346 g/mol. The summed E-state index contributed by atoms with van der Waals surface area (Å²) in [7, 11) is 1.40. The van der Waals surface area contributed by atoms with E-state index in [4.69, 9.17) is 14.2 Å². The van der Waals surface area contributed by atoms with Crippen molar-refractivity contribution >= 4 is 11.7 Å². The Balaban J connectivity index is 2.31. The van der Waals surface area contributed by atoms with Crippen LogP contribution < -0.4 is 14.8 Å². The first kappa shape index (κ1) is 20.1. The number of hydrogen-bond acceptors (Lipinski definition) is 8. The van der Waals surface area contributed by atoms with E-state index in [1.807, 2.05) is 0 Å². The van der Waals surface area contributed by atoms with Crippen LogP contribution in [0.3, 0.4) is 0 Å². The lowest BCUT2D eigenvalue weighted by Crippen LogP contribution is -2.65. The lowest BCUT2D eigenvalue weighted by Gasteiger charge is -2.42. The molecule has 4 N–H and O–H groups in total. The molecule has 1 amide bonds. The number of hydrogen-bond donors (Lipinski definition) is 4. The number of benzene rings is 1. The maximum absolute atomic E-state index is 11.5. The van der Waals surface area contributed by atoms with E-state index in [0.29, 0.717) is 5.56 Å². The SMILES string of the molecule is COc1cc(C(C)=O)ccc1O[C@@H]1O[C@H](CO)[C@H](O)[C@H](O)[C@H]1NC(C)=O. The van der Waals surface area contributed by atoms with Gasteiger partial charge < -0.3 is 34.8 Å². The van der Waals surface area contributed by atoms with E-state index in [9.17, 15) is 24.9 Å². The molecule has 0 aliphatic carbocycles. The van der Waals surface area contributed by atoms with Crippen molar-refractivity contribution in [3.8, 4) is 11.5 Å². The molecule has 1 aliphatic rings. The molecule has 1 aromatic carbocycles. The highest BCUT2D eigenvalue weighted by molar-refractivity contribution is 5.94. The smallest absolute Gasteiger partial charge is 0.223 e. The second kappa shape index (κ2) is 8.45. The minimum atomic E-state index is -1.42. The predicted molar refractivity (Wildman–Crippen MR) is 89.0 cm³/mol. The lowest BCUT2D eigenvalue weighted by molar-refractivity contribution is -0.244. The zero-order valence-corrected chi connectivity index (χ0v) is 14.7. The number of carbonyl (C=O) groups excluding carboxylic acids is 2. The van der Waals surface area contributed by atoms with Crippen LogP contribution in [0.4, 0.5) is 0 Å². The third-order valence-corrected chi connectivity index (χ3v) is 4.06. The monoisotopic (exact) mass is 369 g/mol. The zero-order valence-electron chi connectivity index (χ0n) is 14.7. The van der Waals surface area contributed by atoms with E-state index >= 15 is 0 Å². The van der Waals surface area contributed by atoms with E-state index < -0.39 is 43.2 Å². The Labute approximate surface area is 150 Å². The molecule has 26 heavy (non-hydrogen) atoms. The van der Waals surface area contributed by atoms with Gasteiger partial charge in [0.1, 0.15) is 24.4 Å². The van der Waals surface area contributed by atoms with Crippen LogP contribution in [0.2, 0.25) is 0 Å². The van der Waals surface area contributed by atoms with Crippen LogP contribution in [-0.4, -0.2) is 71.4 Å². The zero-order chi connectivity index (χ0) is 19.4. The van der Waals surface area contributed by atoms with E-state index in [0.717, 1.165) is 0 Å². The highest BCUT2D eigenvalue weighted by Gasteiger charge is 2.46. The Morgan fingerprint density at radius 1 is 1.19 bits per heavy atom. The van der Waals surface area contributed by atoms with Crippen molar-refractivity contribution < 1.29 is 39.1 Å². The van der Waals surface area contributed by atoms with Gasteiger partial charge in [0.25, 0.3) is 0 Å². The minimum Gasteiger partial charge on any atom is -0.493 e. The van der Waals surface area contributed by atoms with Crippen molar-refractivity contribution in [3.05, 3.63) is 23.8 Å². The molecule has 0 bridgehead atoms. The molecule has 1 aromatic rings. The minimum absolute atomic E-state index is 0.154. The Bertz CT molecular complexity index is 664. The van der Waals surface area contributed by atoms with E-state index in [1.54, 1.807) is 0 Å². The molecule has 1 heterocycles. The molecule has 0 saturated carbocycles. The van der Waals surface area contributed by atoms with Crippen LogP contribution in [0.25, 0.3) is 0 Å². The Morgan fingerprint density at radius 2 is 1.88 bits per heavy atom. The summed E-state index contributed by atoms with van der Waals surface area (Å²) in [5.41, 5.74) is 0.417. The fraction of sp³-hybridized carbons (Fsp3) is 0.529. The van der Waals surface area contributed by atoms with Crippen molar-refractivity contribution in [1.82, 2.24) is 5.32 Å². The van der Waals surface area contributed by atoms with Crippen molar-refractivity contribution in [2.75, 3.05) is 13.7 Å². The van der Waals surface area contributed by atoms with Gasteiger partial charge in [-0.25, -0.2) is 0 Å². The maximum atomic E-state index is 11.5. The Kier molecular flexibility index (Phi) is 6.54. The quantitative estimate of drug-likeness (QED) is 0.480. The van der Waals surface area contributed by atoms with Crippen LogP contribution in [0.5, 0.6) is 11.5 Å². The summed E-state index contributed by atoms with van der Waals surface area (Å²) in [5, 5.41) is 32.1. The van der Waals surface area contributed by atoms with Gasteiger partial charge >= 0.3 is 0 Å². The van der Waals surface area contributed by atoms with Gasteiger partial charge in [0.15, 0.2) is 17.3 Å². The topological polar surface area (TPSA) is 135 Å². The van der Waals surface area contributed by atoms with Crippen LogP contribution in [-0.2, 0) is 9.53 Å². The summed E-state index contributed by atoms with van der Waals surface area (Å²) in [4.78, 5) is 22.9. The summed E-state index contributed by atoms with van der Waals surface area (Å²) in [6, 6.07) is 3.44. The van der Waals surface area contributed by atoms with Crippen molar-refractivity contribution in [3.63, 3.8) is 0 Å². The molecule has 0 aromatic heterocycles. The standard InChI is InChI=1S/C17H23NO8/c1-8(20)10-4-5-11(12(6-10)24-3)25-17-14(18-9(2)21)16(23)15(22)13(7-19)26-17/h4-6,13-17,19,22-23H,7H2,1-3H3,(H,18,21)/t13-,14-,15+,16-,17-/m1/s1. The number of Topliss-reactive ketones (excluding diaryl/α,β-unsaturated/α-hetero) is 1. The molecule has 144 valence electrons. The highest BCUT2D eigenvalue weighted by Crippen LogP contribution is 2.32. The maximum Gasteiger partial charge on any atom is 0.223 e. The first-order valence-electron chi connectivity index (χ1n) is 8.03. The normalized spacial score (nSPS) is 28.3. The fourth-order valence-electron chi connectivity index (χ4n) is 2.68. The first-order chi connectivity index (χ1) is 12.3. The van der Waals surface area contributed by atoms with E-state index in [-0.39, 0.29) is 17.3 Å². The van der Waals surface area contributed by atoms with Gasteiger partial charge in [0.2, 0.25) is 12.2 Å². The number of methoxy groups -OCH3 is 1. The molecule has 1 saturated heterocycles. The third kappa shape index (κ3) is 4.31. The summed E-state index contributed by atoms with van der Waals surface area (Å²) in [5.74, 6) is -0.152. The molecular formula is C17H23NO8. The number of rotatable bonds is 6. The molecule has 2 rings (SSSR count). The number of nitrogens with one attached hydrogen (secondary N) is 1. The third-order valence-electron chi connectivity index (χ3n) is 4.06. The van der Waals surface area contributed by atoms with E-state index in [1.165, 1.54) is 39.2 Å². The number of ether oxygens (including phenoxy) is 3. The predicted octanol–water partition coefficient (Wildman–Crippen LogP) is -0.780. The van der Waals surface area contributed by atoms with Gasteiger partial charge in [-0.3, -0.25) is 9.59 Å². The van der Waals surface area contributed by atoms with Gasteiger partial charge in [-0.05, 0) is 25.1 Å². The Morgan fingerprint density at radius 3 is 2.42 bits per heavy atom. The molecule has 0 spiro atoms. The number of amides is 1. The van der Waals surface area contributed by atoms with Crippen molar-refractivity contribution in [2.24, 2.45) is 0 Å². The average molecular weight is 369 g/mol. The van der Waals surface area contributed by atoms with Gasteiger partial charge in [0, 0.05) is 12.5 Å². The summed E-state index contributed by atoms with van der Waals surface area (Å²) < 4.78 is 16.4. The summed E-state index contributed by atoms with van der Waals surface area (Å²) in [6.45, 7) is 2.11. The van der Waals surface area contributed by atoms with Gasteiger partial charge in [-0.2, -0.15) is 0 Å². The second-order valence-electron chi connectivity index (χ2n) is 5.97. The Hall–Kier alpha value is -2.20. The molecule has 1 fully saturated rings. The average Bonchev–Trinajstić information content (AvgIpc) is 2.60. The van der Waals surface area contributed by atoms with Gasteiger partial charge in [0.05, 0.1) is 13.7 Å².